The van der Waals surface area contributed by atoms with Crippen molar-refractivity contribution < 1.29 is 27.1 Å². The molecule has 2 saturated heterocycles. The summed E-state index contributed by atoms with van der Waals surface area (Å²) in [7, 11) is -3.25. The number of rotatable bonds is 4. The zero-order valence-electron chi connectivity index (χ0n) is 14.2. The second kappa shape index (κ2) is 7.20. The highest BCUT2D eigenvalue weighted by Gasteiger charge is 2.33. The molecule has 2 aliphatic heterocycles. The van der Waals surface area contributed by atoms with E-state index in [4.69, 9.17) is 4.74 Å². The molecule has 1 aromatic carbocycles. The van der Waals surface area contributed by atoms with Crippen LogP contribution in [0.3, 0.4) is 0 Å². The molecular formula is C16H20FN3O5S. The maximum absolute atomic E-state index is 14.5. The van der Waals surface area contributed by atoms with E-state index in [-0.39, 0.29) is 37.2 Å². The van der Waals surface area contributed by atoms with Crippen molar-refractivity contribution in [1.29, 1.82) is 0 Å². The van der Waals surface area contributed by atoms with Crippen LogP contribution in [-0.4, -0.2) is 51.9 Å². The van der Waals surface area contributed by atoms with Gasteiger partial charge in [0.25, 0.3) is 0 Å². The number of anilines is 1. The van der Waals surface area contributed by atoms with Crippen molar-refractivity contribution in [3.05, 3.63) is 29.6 Å². The van der Waals surface area contributed by atoms with Gasteiger partial charge in [0.1, 0.15) is 11.9 Å². The Labute approximate surface area is 150 Å². The SMILES string of the molecule is CC(=O)NCC1CN(c2ccc(C3CCS(=O)(=O)NC3)c(F)c2)C(=O)O1. The molecular weight excluding hydrogens is 365 g/mol. The van der Waals surface area contributed by atoms with E-state index in [0.717, 1.165) is 0 Å². The van der Waals surface area contributed by atoms with E-state index in [2.05, 4.69) is 10.0 Å². The molecule has 10 heteroatoms. The Kier molecular flexibility index (Phi) is 5.15. The lowest BCUT2D eigenvalue weighted by Gasteiger charge is -2.24. The molecule has 2 aliphatic rings. The number of halogens is 1. The van der Waals surface area contributed by atoms with E-state index in [1.165, 1.54) is 17.9 Å². The van der Waals surface area contributed by atoms with Crippen LogP contribution < -0.4 is 14.9 Å². The van der Waals surface area contributed by atoms with Crippen LogP contribution in [0, 0.1) is 5.82 Å². The number of cyclic esters (lactones) is 1. The van der Waals surface area contributed by atoms with Gasteiger partial charge in [0.15, 0.2) is 0 Å². The minimum absolute atomic E-state index is 0.0395. The number of nitrogens with zero attached hydrogens (tertiary/aromatic N) is 1. The molecule has 2 fully saturated rings. The number of sulfonamides is 1. The average Bonchev–Trinajstić information content (AvgIpc) is 2.94. The fraction of sp³-hybridized carbons (Fsp3) is 0.500. The fourth-order valence-electron chi connectivity index (χ4n) is 3.08. The summed E-state index contributed by atoms with van der Waals surface area (Å²) in [6.45, 7) is 1.93. The Hall–Kier alpha value is -2.20. The van der Waals surface area contributed by atoms with Crippen molar-refractivity contribution in [2.75, 3.05) is 30.3 Å². The number of nitrogens with one attached hydrogen (secondary N) is 2. The molecule has 0 radical (unpaired) electrons. The van der Waals surface area contributed by atoms with Gasteiger partial charge in [0.05, 0.1) is 24.5 Å². The number of ether oxygens (including phenoxy) is 1. The molecule has 0 saturated carbocycles. The van der Waals surface area contributed by atoms with Crippen molar-refractivity contribution >= 4 is 27.7 Å². The van der Waals surface area contributed by atoms with E-state index in [1.54, 1.807) is 12.1 Å². The van der Waals surface area contributed by atoms with Crippen LogP contribution in [0.5, 0.6) is 0 Å². The van der Waals surface area contributed by atoms with Crippen molar-refractivity contribution in [3.63, 3.8) is 0 Å². The first-order valence-corrected chi connectivity index (χ1v) is 9.90. The van der Waals surface area contributed by atoms with E-state index in [1.807, 2.05) is 0 Å². The van der Waals surface area contributed by atoms with Crippen LogP contribution in [0.4, 0.5) is 14.9 Å². The van der Waals surface area contributed by atoms with E-state index >= 15 is 0 Å². The van der Waals surface area contributed by atoms with Gasteiger partial charge in [0, 0.05) is 19.4 Å². The summed E-state index contributed by atoms with van der Waals surface area (Å²) in [5.41, 5.74) is 0.775. The lowest BCUT2D eigenvalue weighted by atomic mass is 9.95. The summed E-state index contributed by atoms with van der Waals surface area (Å²) >= 11 is 0. The van der Waals surface area contributed by atoms with Crippen LogP contribution in [0.2, 0.25) is 0 Å². The summed E-state index contributed by atoms with van der Waals surface area (Å²) in [6.07, 6.45) is -0.754. The quantitative estimate of drug-likeness (QED) is 0.794. The molecule has 2 N–H and O–H groups in total. The van der Waals surface area contributed by atoms with Gasteiger partial charge in [-0.25, -0.2) is 22.3 Å². The molecule has 2 atom stereocenters. The van der Waals surface area contributed by atoms with Gasteiger partial charge < -0.3 is 10.1 Å². The van der Waals surface area contributed by atoms with Gasteiger partial charge in [-0.1, -0.05) is 6.07 Å². The molecule has 2 unspecified atom stereocenters. The average molecular weight is 385 g/mol. The highest BCUT2D eigenvalue weighted by Crippen LogP contribution is 2.30. The normalized spacial score (nSPS) is 25.0. The maximum Gasteiger partial charge on any atom is 0.414 e. The molecule has 0 spiro atoms. The van der Waals surface area contributed by atoms with E-state index < -0.39 is 28.0 Å². The number of hydrogen-bond acceptors (Lipinski definition) is 5. The van der Waals surface area contributed by atoms with Crippen molar-refractivity contribution in [2.45, 2.75) is 25.4 Å². The standard InChI is InChI=1S/C16H20FN3O5S/c1-10(21)18-8-13-9-20(16(22)25-13)12-2-3-14(15(17)6-12)11-4-5-26(23,24)19-7-11/h2-3,6,11,13,19H,4-5,7-9H2,1H3,(H,18,21). The summed E-state index contributed by atoms with van der Waals surface area (Å²) in [5.74, 6) is -1.00. The minimum Gasteiger partial charge on any atom is -0.442 e. The molecule has 142 valence electrons. The second-order valence-electron chi connectivity index (χ2n) is 6.41. The van der Waals surface area contributed by atoms with Gasteiger partial charge in [0.2, 0.25) is 15.9 Å². The number of amides is 2. The van der Waals surface area contributed by atoms with Crippen molar-refractivity contribution in [3.8, 4) is 0 Å². The summed E-state index contributed by atoms with van der Waals surface area (Å²) in [5, 5.41) is 2.58. The Morgan fingerprint density at radius 1 is 1.46 bits per heavy atom. The molecule has 26 heavy (non-hydrogen) atoms. The molecule has 1 aromatic rings. The van der Waals surface area contributed by atoms with Crippen LogP contribution in [0.1, 0.15) is 24.8 Å². The summed E-state index contributed by atoms with van der Waals surface area (Å²) in [6, 6.07) is 4.44. The van der Waals surface area contributed by atoms with Crippen LogP contribution >= 0.6 is 0 Å². The van der Waals surface area contributed by atoms with Gasteiger partial charge >= 0.3 is 6.09 Å². The molecule has 0 bridgehead atoms. The Morgan fingerprint density at radius 2 is 2.23 bits per heavy atom. The smallest absolute Gasteiger partial charge is 0.414 e. The fourth-order valence-corrected chi connectivity index (χ4v) is 4.27. The molecule has 2 heterocycles. The lowest BCUT2D eigenvalue weighted by Crippen LogP contribution is -2.37. The van der Waals surface area contributed by atoms with Crippen molar-refractivity contribution in [2.24, 2.45) is 0 Å². The Balaban J connectivity index is 1.69. The molecule has 2 amide bonds. The maximum atomic E-state index is 14.5. The number of benzene rings is 1. The number of carbonyl (C=O) groups is 2. The first kappa shape index (κ1) is 18.6. The summed E-state index contributed by atoms with van der Waals surface area (Å²) < 4.78 is 45.0. The third kappa shape index (κ3) is 4.13. The van der Waals surface area contributed by atoms with Crippen molar-refractivity contribution in [1.82, 2.24) is 10.0 Å². The zero-order valence-corrected chi connectivity index (χ0v) is 15.0. The van der Waals surface area contributed by atoms with Crippen LogP contribution in [0.15, 0.2) is 18.2 Å². The van der Waals surface area contributed by atoms with Crippen LogP contribution in [-0.2, 0) is 19.6 Å². The van der Waals surface area contributed by atoms with Gasteiger partial charge in [-0.15, -0.1) is 0 Å². The van der Waals surface area contributed by atoms with Gasteiger partial charge in [-0.3, -0.25) is 9.69 Å². The minimum atomic E-state index is -3.25. The number of hydrogen-bond donors (Lipinski definition) is 2. The second-order valence-corrected chi connectivity index (χ2v) is 8.34. The predicted octanol–water partition coefficient (Wildman–Crippen LogP) is 0.694. The van der Waals surface area contributed by atoms with Crippen LogP contribution in [0.25, 0.3) is 0 Å². The van der Waals surface area contributed by atoms with Gasteiger partial charge in [-0.05, 0) is 24.1 Å². The third-order valence-electron chi connectivity index (χ3n) is 4.47. The molecule has 0 aliphatic carbocycles. The Bertz CT molecular complexity index is 815. The first-order valence-electron chi connectivity index (χ1n) is 8.24. The lowest BCUT2D eigenvalue weighted by molar-refractivity contribution is -0.119. The molecule has 0 aromatic heterocycles. The van der Waals surface area contributed by atoms with E-state index in [0.29, 0.717) is 17.7 Å². The highest BCUT2D eigenvalue weighted by molar-refractivity contribution is 7.89. The highest BCUT2D eigenvalue weighted by atomic mass is 32.2. The first-order chi connectivity index (χ1) is 12.2. The largest absolute Gasteiger partial charge is 0.442 e. The monoisotopic (exact) mass is 385 g/mol. The Morgan fingerprint density at radius 3 is 2.85 bits per heavy atom. The topological polar surface area (TPSA) is 105 Å². The predicted molar refractivity (Wildman–Crippen MR) is 91.8 cm³/mol. The van der Waals surface area contributed by atoms with Gasteiger partial charge in [-0.2, -0.15) is 0 Å². The summed E-state index contributed by atoms with van der Waals surface area (Å²) in [4.78, 5) is 24.2. The molecule has 8 nitrogen and oxygen atoms in total. The molecule has 3 rings (SSSR count). The van der Waals surface area contributed by atoms with E-state index in [9.17, 15) is 22.4 Å². The third-order valence-corrected chi connectivity index (χ3v) is 5.85. The number of carbonyl (C=O) groups excluding carboxylic acids is 2. The zero-order chi connectivity index (χ0) is 18.9.